The molecule has 0 aliphatic rings. The zero-order chi connectivity index (χ0) is 17.4. The molecule has 0 radical (unpaired) electrons. The molecule has 2 heterocycles. The van der Waals surface area contributed by atoms with Gasteiger partial charge in [0.1, 0.15) is 10.7 Å². The topological polar surface area (TPSA) is 70.7 Å². The lowest BCUT2D eigenvalue weighted by atomic mass is 10.2. The predicted molar refractivity (Wildman–Crippen MR) is 101 cm³/mol. The molecule has 5 nitrogen and oxygen atoms in total. The van der Waals surface area contributed by atoms with Crippen LogP contribution < -0.4 is 5.32 Å². The van der Waals surface area contributed by atoms with E-state index in [1.54, 1.807) is 11.3 Å². The molecule has 0 unspecified atom stereocenters. The average Bonchev–Trinajstić information content (AvgIpc) is 3.21. The number of fused-ring (bicyclic) bond motifs is 1. The van der Waals surface area contributed by atoms with E-state index in [1.807, 2.05) is 37.3 Å². The van der Waals surface area contributed by atoms with Crippen molar-refractivity contribution in [3.8, 4) is 10.6 Å². The molecule has 0 aliphatic heterocycles. The van der Waals surface area contributed by atoms with Gasteiger partial charge < -0.3 is 10.3 Å². The average molecular weight is 348 g/mol. The quantitative estimate of drug-likeness (QED) is 0.570. The number of aromatic amines is 1. The number of rotatable bonds is 3. The second kappa shape index (κ2) is 6.14. The molecule has 4 rings (SSSR count). The minimum Gasteiger partial charge on any atom is -0.348 e. The van der Waals surface area contributed by atoms with Crippen LogP contribution in [0.1, 0.15) is 21.7 Å². The second-order valence-electron chi connectivity index (χ2n) is 5.90. The molecule has 0 fully saturated rings. The second-order valence-corrected chi connectivity index (χ2v) is 6.93. The van der Waals surface area contributed by atoms with Gasteiger partial charge in [0.15, 0.2) is 0 Å². The summed E-state index contributed by atoms with van der Waals surface area (Å²) >= 11 is 1.67. The Morgan fingerprint density at radius 3 is 2.64 bits per heavy atom. The molecule has 0 aliphatic carbocycles. The van der Waals surface area contributed by atoms with Gasteiger partial charge in [-0.05, 0) is 55.8 Å². The van der Waals surface area contributed by atoms with E-state index in [4.69, 9.17) is 0 Å². The molecule has 0 spiro atoms. The maximum absolute atomic E-state index is 12.2. The van der Waals surface area contributed by atoms with Crippen LogP contribution in [0.15, 0.2) is 48.8 Å². The van der Waals surface area contributed by atoms with Crippen molar-refractivity contribution in [1.82, 2.24) is 15.0 Å². The molecular formula is C19H16N4OS. The molecule has 0 saturated heterocycles. The third-order valence-electron chi connectivity index (χ3n) is 3.98. The van der Waals surface area contributed by atoms with Crippen molar-refractivity contribution in [2.24, 2.45) is 0 Å². The van der Waals surface area contributed by atoms with E-state index >= 15 is 0 Å². The van der Waals surface area contributed by atoms with E-state index in [0.717, 1.165) is 27.5 Å². The normalized spacial score (nSPS) is 11.0. The van der Waals surface area contributed by atoms with Crippen molar-refractivity contribution < 1.29 is 4.79 Å². The first-order chi connectivity index (χ1) is 12.1. The largest absolute Gasteiger partial charge is 0.348 e. The molecular weight excluding hydrogens is 332 g/mol. The summed E-state index contributed by atoms with van der Waals surface area (Å²) in [5.41, 5.74) is 5.16. The van der Waals surface area contributed by atoms with Crippen molar-refractivity contribution in [2.75, 3.05) is 5.32 Å². The van der Waals surface area contributed by atoms with Gasteiger partial charge in [-0.25, -0.2) is 9.97 Å². The lowest BCUT2D eigenvalue weighted by molar-refractivity contribution is 0.102. The van der Waals surface area contributed by atoms with Crippen molar-refractivity contribution in [3.63, 3.8) is 0 Å². The predicted octanol–water partition coefficient (Wildman–Crippen LogP) is 4.56. The lowest BCUT2D eigenvalue weighted by Crippen LogP contribution is -2.13. The van der Waals surface area contributed by atoms with E-state index in [1.165, 1.54) is 16.6 Å². The zero-order valence-corrected chi connectivity index (χ0v) is 14.6. The van der Waals surface area contributed by atoms with Crippen LogP contribution in [0.25, 0.3) is 20.8 Å². The third-order valence-corrected chi connectivity index (χ3v) is 5.05. The van der Waals surface area contributed by atoms with Gasteiger partial charge in [0, 0.05) is 16.9 Å². The summed E-state index contributed by atoms with van der Waals surface area (Å²) in [4.78, 5) is 23.8. The highest BCUT2D eigenvalue weighted by molar-refractivity contribution is 7.21. The molecule has 4 aromatic rings. The van der Waals surface area contributed by atoms with Crippen LogP contribution in [0.5, 0.6) is 0 Å². The standard InChI is InChI=1S/C19H16N4OS/c1-11-3-8-15-16(9-11)25-19(23-15)13-4-6-14(7-5-13)22-18(24)17-12(2)20-10-21-17/h3-10H,1-2H3,(H,20,21)(H,22,24). The van der Waals surface area contributed by atoms with E-state index in [2.05, 4.69) is 39.3 Å². The Labute approximate surface area is 148 Å². The Kier molecular flexibility index (Phi) is 3.82. The van der Waals surface area contributed by atoms with Crippen LogP contribution in [-0.2, 0) is 0 Å². The zero-order valence-electron chi connectivity index (χ0n) is 13.8. The molecule has 0 atom stereocenters. The van der Waals surface area contributed by atoms with Gasteiger partial charge in [-0.15, -0.1) is 11.3 Å². The minimum absolute atomic E-state index is 0.220. The van der Waals surface area contributed by atoms with Crippen LogP contribution in [-0.4, -0.2) is 20.9 Å². The van der Waals surface area contributed by atoms with Crippen molar-refractivity contribution >= 4 is 33.1 Å². The SMILES string of the molecule is Cc1ccc2nc(-c3ccc(NC(=O)c4nc[nH]c4C)cc3)sc2c1. The number of hydrogen-bond acceptors (Lipinski definition) is 4. The van der Waals surface area contributed by atoms with Crippen molar-refractivity contribution in [3.05, 3.63) is 65.7 Å². The molecule has 2 aromatic carbocycles. The number of nitrogens with one attached hydrogen (secondary N) is 2. The number of imidazole rings is 1. The number of benzene rings is 2. The van der Waals surface area contributed by atoms with Crippen LogP contribution in [0, 0.1) is 13.8 Å². The van der Waals surface area contributed by atoms with E-state index in [-0.39, 0.29) is 5.91 Å². The van der Waals surface area contributed by atoms with Gasteiger partial charge in [-0.3, -0.25) is 4.79 Å². The van der Waals surface area contributed by atoms with Crippen LogP contribution >= 0.6 is 11.3 Å². The molecule has 2 aromatic heterocycles. The third kappa shape index (κ3) is 3.04. The summed E-state index contributed by atoms with van der Waals surface area (Å²) in [7, 11) is 0. The number of H-pyrrole nitrogens is 1. The number of aromatic nitrogens is 3. The number of carbonyl (C=O) groups is 1. The summed E-state index contributed by atoms with van der Waals surface area (Å²) in [5.74, 6) is -0.220. The number of thiazole rings is 1. The Hall–Kier alpha value is -2.99. The maximum atomic E-state index is 12.2. The summed E-state index contributed by atoms with van der Waals surface area (Å²) in [5, 5.41) is 3.83. The van der Waals surface area contributed by atoms with Gasteiger partial charge in [-0.2, -0.15) is 0 Å². The van der Waals surface area contributed by atoms with E-state index in [9.17, 15) is 4.79 Å². The molecule has 0 saturated carbocycles. The highest BCUT2D eigenvalue weighted by Gasteiger charge is 2.12. The van der Waals surface area contributed by atoms with Crippen molar-refractivity contribution in [1.29, 1.82) is 0 Å². The van der Waals surface area contributed by atoms with E-state index in [0.29, 0.717) is 5.69 Å². The number of amides is 1. The molecule has 2 N–H and O–H groups in total. The first kappa shape index (κ1) is 15.5. The molecule has 6 heteroatoms. The number of aryl methyl sites for hydroxylation is 2. The summed E-state index contributed by atoms with van der Waals surface area (Å²) in [6.07, 6.45) is 1.52. The van der Waals surface area contributed by atoms with E-state index < -0.39 is 0 Å². The highest BCUT2D eigenvalue weighted by Crippen LogP contribution is 2.31. The first-order valence-corrected chi connectivity index (χ1v) is 8.71. The molecule has 25 heavy (non-hydrogen) atoms. The van der Waals surface area contributed by atoms with Crippen LogP contribution in [0.3, 0.4) is 0 Å². The minimum atomic E-state index is -0.220. The van der Waals surface area contributed by atoms with Gasteiger partial charge in [0.25, 0.3) is 5.91 Å². The van der Waals surface area contributed by atoms with Gasteiger partial charge >= 0.3 is 0 Å². The highest BCUT2D eigenvalue weighted by atomic mass is 32.1. The smallest absolute Gasteiger partial charge is 0.276 e. The molecule has 1 amide bonds. The maximum Gasteiger partial charge on any atom is 0.276 e. The summed E-state index contributed by atoms with van der Waals surface area (Å²) in [6, 6.07) is 14.0. The number of carbonyl (C=O) groups excluding carboxylic acids is 1. The van der Waals surface area contributed by atoms with Gasteiger partial charge in [0.2, 0.25) is 0 Å². The van der Waals surface area contributed by atoms with Crippen molar-refractivity contribution in [2.45, 2.75) is 13.8 Å². The van der Waals surface area contributed by atoms with Crippen LogP contribution in [0.2, 0.25) is 0 Å². The molecule has 124 valence electrons. The van der Waals surface area contributed by atoms with Gasteiger partial charge in [-0.1, -0.05) is 6.07 Å². The van der Waals surface area contributed by atoms with Gasteiger partial charge in [0.05, 0.1) is 16.5 Å². The Morgan fingerprint density at radius 2 is 1.92 bits per heavy atom. The lowest BCUT2D eigenvalue weighted by Gasteiger charge is -2.04. The number of hydrogen-bond donors (Lipinski definition) is 2. The summed E-state index contributed by atoms with van der Waals surface area (Å²) in [6.45, 7) is 3.90. The fourth-order valence-corrected chi connectivity index (χ4v) is 3.70. The Bertz CT molecular complexity index is 1060. The van der Waals surface area contributed by atoms with Crippen LogP contribution in [0.4, 0.5) is 5.69 Å². The number of nitrogens with zero attached hydrogens (tertiary/aromatic N) is 2. The fourth-order valence-electron chi connectivity index (χ4n) is 2.63. The fraction of sp³-hybridized carbons (Fsp3) is 0.105. The Morgan fingerprint density at radius 1 is 1.12 bits per heavy atom. The first-order valence-electron chi connectivity index (χ1n) is 7.89. The molecule has 0 bridgehead atoms. The summed E-state index contributed by atoms with van der Waals surface area (Å²) < 4.78 is 1.18. The number of anilines is 1. The monoisotopic (exact) mass is 348 g/mol. The Balaban J connectivity index is 1.57.